The molecule has 0 spiro atoms. The van der Waals surface area contributed by atoms with Gasteiger partial charge in [-0.15, -0.1) is 0 Å². The third-order valence-electron chi connectivity index (χ3n) is 3.66. The zero-order valence-electron chi connectivity index (χ0n) is 14.1. The van der Waals surface area contributed by atoms with Gasteiger partial charge in [0.15, 0.2) is 5.75 Å². The van der Waals surface area contributed by atoms with Gasteiger partial charge >= 0.3 is 5.97 Å². The summed E-state index contributed by atoms with van der Waals surface area (Å²) in [5, 5.41) is 9.50. The predicted molar refractivity (Wildman–Crippen MR) is 107 cm³/mol. The highest BCUT2D eigenvalue weighted by atomic mass is 35.5. The maximum absolute atomic E-state index is 13.2. The van der Waals surface area contributed by atoms with Gasteiger partial charge in [0.25, 0.3) is 10.0 Å². The van der Waals surface area contributed by atoms with Crippen LogP contribution in [-0.4, -0.2) is 19.5 Å². The quantitative estimate of drug-likeness (QED) is 0.555. The third kappa shape index (κ3) is 4.22. The van der Waals surface area contributed by atoms with Gasteiger partial charge in [0.05, 0.1) is 21.2 Å². The van der Waals surface area contributed by atoms with Gasteiger partial charge in [-0.05, 0) is 54.6 Å². The molecule has 3 aromatic carbocycles. The number of nitrogens with zero attached hydrogens (tertiary/aromatic N) is 1. The fraction of sp³-hybridized carbons (Fsp3) is 0. The van der Waals surface area contributed by atoms with E-state index in [0.717, 1.165) is 4.47 Å². The van der Waals surface area contributed by atoms with Crippen LogP contribution in [0.5, 0.6) is 5.75 Å². The number of carboxylic acids is 1. The molecule has 0 aliphatic heterocycles. The van der Waals surface area contributed by atoms with Crippen molar-refractivity contribution in [2.75, 3.05) is 4.47 Å². The van der Waals surface area contributed by atoms with E-state index < -0.39 is 16.0 Å². The number of rotatable bonds is 6. The summed E-state index contributed by atoms with van der Waals surface area (Å²) in [6.45, 7) is 0. The van der Waals surface area contributed by atoms with Crippen molar-refractivity contribution in [2.45, 2.75) is 4.90 Å². The van der Waals surface area contributed by atoms with E-state index in [2.05, 4.69) is 0 Å². The molecular formula is C19H13Cl2NO5S. The lowest BCUT2D eigenvalue weighted by Gasteiger charge is -2.24. The van der Waals surface area contributed by atoms with Crippen molar-refractivity contribution in [1.29, 1.82) is 0 Å². The Morgan fingerprint density at radius 3 is 2.14 bits per heavy atom. The standard InChI is InChI=1S/C19H13Cl2NO5S/c20-14-8-11-18(17(21)12-14)27-22(15-4-2-1-3-5-15)28(25,26)16-9-6-13(7-10-16)19(23)24/h1-12H,(H,23,24). The number of hydrogen-bond donors (Lipinski definition) is 1. The Morgan fingerprint density at radius 1 is 0.929 bits per heavy atom. The number of anilines is 1. The molecule has 0 saturated carbocycles. The highest BCUT2D eigenvalue weighted by molar-refractivity contribution is 7.92. The number of para-hydroxylation sites is 1. The normalized spacial score (nSPS) is 11.1. The number of sulfonamides is 1. The summed E-state index contributed by atoms with van der Waals surface area (Å²) in [5.41, 5.74) is 0.197. The van der Waals surface area contributed by atoms with Crippen LogP contribution in [0.3, 0.4) is 0 Å². The SMILES string of the molecule is O=C(O)c1ccc(S(=O)(=O)N(Oc2ccc(Cl)cc2Cl)c2ccccc2)cc1. The molecule has 1 N–H and O–H groups in total. The van der Waals surface area contributed by atoms with Gasteiger partial charge in [-0.25, -0.2) is 4.79 Å². The van der Waals surface area contributed by atoms with E-state index in [1.54, 1.807) is 30.3 Å². The van der Waals surface area contributed by atoms with Crippen molar-refractivity contribution < 1.29 is 23.2 Å². The first-order valence-electron chi connectivity index (χ1n) is 7.86. The smallest absolute Gasteiger partial charge is 0.335 e. The van der Waals surface area contributed by atoms with Gasteiger partial charge in [0.1, 0.15) is 0 Å². The molecule has 0 saturated heterocycles. The number of benzene rings is 3. The summed E-state index contributed by atoms with van der Waals surface area (Å²) < 4.78 is 27.1. The van der Waals surface area contributed by atoms with Gasteiger partial charge in [-0.1, -0.05) is 45.9 Å². The third-order valence-corrected chi connectivity index (χ3v) is 5.78. The first-order chi connectivity index (χ1) is 13.3. The fourth-order valence-corrected chi connectivity index (χ4v) is 3.99. The highest BCUT2D eigenvalue weighted by Gasteiger charge is 2.28. The Kier molecular flexibility index (Phi) is 5.79. The summed E-state index contributed by atoms with van der Waals surface area (Å²) in [4.78, 5) is 16.5. The minimum Gasteiger partial charge on any atom is -0.478 e. The lowest BCUT2D eigenvalue weighted by atomic mass is 10.2. The molecule has 0 atom stereocenters. The molecule has 0 aliphatic carbocycles. The maximum atomic E-state index is 13.2. The maximum Gasteiger partial charge on any atom is 0.335 e. The first kappa shape index (κ1) is 20.0. The van der Waals surface area contributed by atoms with Crippen molar-refractivity contribution in [2.24, 2.45) is 0 Å². The lowest BCUT2D eigenvalue weighted by Crippen LogP contribution is -2.34. The van der Waals surface area contributed by atoms with Crippen LogP contribution in [0, 0.1) is 0 Å². The van der Waals surface area contributed by atoms with Crippen LogP contribution >= 0.6 is 23.2 Å². The molecule has 0 fully saturated rings. The Balaban J connectivity index is 2.06. The summed E-state index contributed by atoms with van der Waals surface area (Å²) >= 11 is 12.0. The molecular weight excluding hydrogens is 425 g/mol. The van der Waals surface area contributed by atoms with Gasteiger partial charge in [-0.2, -0.15) is 8.42 Å². The van der Waals surface area contributed by atoms with Crippen LogP contribution in [0.15, 0.2) is 77.7 Å². The van der Waals surface area contributed by atoms with Crippen LogP contribution in [-0.2, 0) is 10.0 Å². The average molecular weight is 438 g/mol. The first-order valence-corrected chi connectivity index (χ1v) is 10.1. The topological polar surface area (TPSA) is 83.9 Å². The van der Waals surface area contributed by atoms with Gasteiger partial charge in [0.2, 0.25) is 0 Å². The molecule has 3 rings (SSSR count). The lowest BCUT2D eigenvalue weighted by molar-refractivity contribution is 0.0696. The predicted octanol–water partition coefficient (Wildman–Crippen LogP) is 4.88. The molecule has 0 radical (unpaired) electrons. The molecule has 3 aromatic rings. The van der Waals surface area contributed by atoms with E-state index >= 15 is 0 Å². The van der Waals surface area contributed by atoms with Gasteiger partial charge in [-0.3, -0.25) is 0 Å². The minimum absolute atomic E-state index is 0.0353. The van der Waals surface area contributed by atoms with Crippen LogP contribution < -0.4 is 9.31 Å². The van der Waals surface area contributed by atoms with Gasteiger partial charge in [0, 0.05) is 5.02 Å². The molecule has 0 bridgehead atoms. The largest absolute Gasteiger partial charge is 0.478 e. The molecule has 6 nitrogen and oxygen atoms in total. The van der Waals surface area contributed by atoms with E-state index in [9.17, 15) is 13.2 Å². The molecule has 9 heteroatoms. The van der Waals surface area contributed by atoms with E-state index in [0.29, 0.717) is 5.02 Å². The number of hydrogen-bond acceptors (Lipinski definition) is 4. The Bertz CT molecular complexity index is 1100. The van der Waals surface area contributed by atoms with Crippen LogP contribution in [0.25, 0.3) is 0 Å². The van der Waals surface area contributed by atoms with E-state index in [1.165, 1.54) is 42.5 Å². The van der Waals surface area contributed by atoms with Gasteiger partial charge < -0.3 is 9.94 Å². The molecule has 0 amide bonds. The zero-order valence-corrected chi connectivity index (χ0v) is 16.4. The summed E-state index contributed by atoms with van der Waals surface area (Å²) in [6.07, 6.45) is 0. The second-order valence-electron chi connectivity index (χ2n) is 5.56. The Hall–Kier alpha value is -2.74. The van der Waals surface area contributed by atoms with Crippen molar-refractivity contribution in [3.63, 3.8) is 0 Å². The molecule has 144 valence electrons. The summed E-state index contributed by atoms with van der Waals surface area (Å²) in [6, 6.07) is 17.3. The fourth-order valence-electron chi connectivity index (χ4n) is 2.29. The van der Waals surface area contributed by atoms with Crippen LogP contribution in [0.4, 0.5) is 5.69 Å². The average Bonchev–Trinajstić information content (AvgIpc) is 2.68. The molecule has 0 unspecified atom stereocenters. The van der Waals surface area contributed by atoms with Crippen molar-refractivity contribution in [3.05, 3.63) is 88.4 Å². The number of aromatic carboxylic acids is 1. The molecule has 28 heavy (non-hydrogen) atoms. The number of carbonyl (C=O) groups is 1. The van der Waals surface area contributed by atoms with Crippen molar-refractivity contribution in [1.82, 2.24) is 0 Å². The van der Waals surface area contributed by atoms with Crippen LogP contribution in [0.2, 0.25) is 10.0 Å². The minimum atomic E-state index is -4.20. The molecule has 0 heterocycles. The van der Waals surface area contributed by atoms with E-state index in [1.807, 2.05) is 0 Å². The Morgan fingerprint density at radius 2 is 1.57 bits per heavy atom. The van der Waals surface area contributed by atoms with Crippen molar-refractivity contribution in [3.8, 4) is 5.75 Å². The summed E-state index contributed by atoms with van der Waals surface area (Å²) in [5.74, 6) is -1.08. The Labute approximate surface area is 171 Å². The van der Waals surface area contributed by atoms with E-state index in [4.69, 9.17) is 33.1 Å². The number of halogens is 2. The van der Waals surface area contributed by atoms with Crippen LogP contribution in [0.1, 0.15) is 10.4 Å². The monoisotopic (exact) mass is 437 g/mol. The molecule has 0 aliphatic rings. The summed E-state index contributed by atoms with van der Waals surface area (Å²) in [7, 11) is -4.20. The second-order valence-corrected chi connectivity index (χ2v) is 8.16. The zero-order chi connectivity index (χ0) is 20.3. The number of carboxylic acid groups (broad SMARTS) is 1. The second kappa shape index (κ2) is 8.10. The highest BCUT2D eigenvalue weighted by Crippen LogP contribution is 2.32. The van der Waals surface area contributed by atoms with E-state index in [-0.39, 0.29) is 26.9 Å². The van der Waals surface area contributed by atoms with Crippen molar-refractivity contribution >= 4 is 44.9 Å². The molecule has 0 aromatic heterocycles.